The molecule has 0 radical (unpaired) electrons. The average molecular weight is 661 g/mol. The van der Waals surface area contributed by atoms with Crippen molar-refractivity contribution in [1.82, 2.24) is 10.3 Å². The van der Waals surface area contributed by atoms with E-state index in [2.05, 4.69) is 20.9 Å². The van der Waals surface area contributed by atoms with E-state index in [1.54, 1.807) is 72.1 Å². The molecule has 5 aromatic rings. The van der Waals surface area contributed by atoms with Gasteiger partial charge in [-0.3, -0.25) is 14.4 Å². The number of benzene rings is 4. The van der Waals surface area contributed by atoms with Crippen LogP contribution < -0.4 is 16.0 Å². The average Bonchev–Trinajstić information content (AvgIpc) is 3.51. The molecule has 4 aromatic carbocycles. The normalized spacial score (nSPS) is 11.1. The maximum absolute atomic E-state index is 14.5. The zero-order valence-corrected chi connectivity index (χ0v) is 25.6. The van der Waals surface area contributed by atoms with E-state index in [1.165, 1.54) is 59.5 Å². The zero-order valence-electron chi connectivity index (χ0n) is 23.2. The molecular weight excluding hydrogens is 638 g/mol. The first-order chi connectivity index (χ1) is 21.7. The maximum Gasteiger partial charge on any atom is 0.272 e. The molecule has 0 aliphatic rings. The molecule has 0 saturated heterocycles. The minimum Gasteiger partial charge on any atom is -0.321 e. The lowest BCUT2D eigenvalue weighted by Gasteiger charge is -2.12. The molecule has 45 heavy (non-hydrogen) atoms. The highest BCUT2D eigenvalue weighted by Gasteiger charge is 2.17. The van der Waals surface area contributed by atoms with Gasteiger partial charge in [0, 0.05) is 32.7 Å². The van der Waals surface area contributed by atoms with Gasteiger partial charge in [-0.2, -0.15) is 0 Å². The predicted octanol–water partition coefficient (Wildman–Crippen LogP) is 7.88. The second-order valence-corrected chi connectivity index (χ2v) is 11.7. The maximum atomic E-state index is 14.5. The van der Waals surface area contributed by atoms with Crippen molar-refractivity contribution in [1.29, 1.82) is 0 Å². The van der Waals surface area contributed by atoms with Gasteiger partial charge in [0.15, 0.2) is 5.13 Å². The highest BCUT2D eigenvalue weighted by atomic mass is 35.5. The first kappa shape index (κ1) is 31.6. The van der Waals surface area contributed by atoms with E-state index in [1.807, 2.05) is 0 Å². The van der Waals surface area contributed by atoms with Crippen molar-refractivity contribution in [3.63, 3.8) is 0 Å². The summed E-state index contributed by atoms with van der Waals surface area (Å²) in [6.07, 6.45) is 1.18. The fraction of sp³-hybridized carbons (Fsp3) is 0.0303. The summed E-state index contributed by atoms with van der Waals surface area (Å²) in [4.78, 5) is 43.7. The number of anilines is 2. The van der Waals surface area contributed by atoms with Gasteiger partial charge in [-0.05, 0) is 78.9 Å². The van der Waals surface area contributed by atoms with Crippen LogP contribution >= 0.6 is 34.7 Å². The van der Waals surface area contributed by atoms with Crippen LogP contribution in [0.4, 0.5) is 19.6 Å². The van der Waals surface area contributed by atoms with Crippen molar-refractivity contribution in [3.8, 4) is 11.3 Å². The summed E-state index contributed by atoms with van der Waals surface area (Å²) in [7, 11) is 0. The molecule has 1 heterocycles. The van der Waals surface area contributed by atoms with E-state index in [-0.39, 0.29) is 33.8 Å². The predicted molar refractivity (Wildman–Crippen MR) is 175 cm³/mol. The van der Waals surface area contributed by atoms with Crippen LogP contribution in [0.25, 0.3) is 17.3 Å². The van der Waals surface area contributed by atoms with Crippen molar-refractivity contribution in [2.45, 2.75) is 4.90 Å². The smallest absolute Gasteiger partial charge is 0.272 e. The van der Waals surface area contributed by atoms with Crippen LogP contribution in [0.2, 0.25) is 5.02 Å². The standard InChI is InChI=1S/C33H23ClF2N4O3S2/c34-26-7-4-8-27(36)25(26)17-28(38-31(42)21-5-2-1-3-6-21)32(43)37-23-13-15-24(16-14-23)44-19-30(41)40-33-39-29(18-45-33)20-9-11-22(35)12-10-20/h1-18H,19H2,(H,37,43)(H,38,42)(H,39,40,41)/b28-17-. The van der Waals surface area contributed by atoms with Gasteiger partial charge in [0.2, 0.25) is 5.91 Å². The number of rotatable bonds is 10. The monoisotopic (exact) mass is 660 g/mol. The van der Waals surface area contributed by atoms with E-state index < -0.39 is 17.6 Å². The van der Waals surface area contributed by atoms with E-state index in [4.69, 9.17) is 11.6 Å². The summed E-state index contributed by atoms with van der Waals surface area (Å²) in [6, 6.07) is 25.1. The van der Waals surface area contributed by atoms with Gasteiger partial charge in [-0.15, -0.1) is 23.1 Å². The number of carbonyl (C=O) groups is 3. The molecule has 1 aromatic heterocycles. The first-order valence-electron chi connectivity index (χ1n) is 13.3. The molecule has 12 heteroatoms. The molecule has 0 spiro atoms. The Morgan fingerprint density at radius 2 is 1.60 bits per heavy atom. The third-order valence-corrected chi connectivity index (χ3v) is 8.29. The van der Waals surface area contributed by atoms with Crippen LogP contribution in [0, 0.1) is 11.6 Å². The van der Waals surface area contributed by atoms with E-state index in [0.29, 0.717) is 22.1 Å². The fourth-order valence-electron chi connectivity index (χ4n) is 3.96. The molecule has 0 atom stereocenters. The van der Waals surface area contributed by atoms with Crippen molar-refractivity contribution in [3.05, 3.63) is 136 Å². The van der Waals surface area contributed by atoms with Crippen molar-refractivity contribution >= 4 is 69.3 Å². The van der Waals surface area contributed by atoms with Crippen LogP contribution in [-0.4, -0.2) is 28.5 Å². The lowest BCUT2D eigenvalue weighted by Crippen LogP contribution is -2.30. The van der Waals surface area contributed by atoms with Crippen molar-refractivity contribution in [2.75, 3.05) is 16.4 Å². The Kier molecular flexibility index (Phi) is 10.4. The van der Waals surface area contributed by atoms with E-state index in [9.17, 15) is 23.2 Å². The van der Waals surface area contributed by atoms with Crippen LogP contribution in [0.3, 0.4) is 0 Å². The molecule has 3 amide bonds. The second-order valence-electron chi connectivity index (χ2n) is 9.37. The molecule has 5 rings (SSSR count). The Morgan fingerprint density at radius 1 is 0.867 bits per heavy atom. The summed E-state index contributed by atoms with van der Waals surface area (Å²) in [5.74, 6) is -2.39. The van der Waals surface area contributed by atoms with E-state index >= 15 is 0 Å². The zero-order chi connectivity index (χ0) is 31.8. The summed E-state index contributed by atoms with van der Waals surface area (Å²) in [6.45, 7) is 0. The summed E-state index contributed by atoms with van der Waals surface area (Å²) < 4.78 is 27.7. The van der Waals surface area contributed by atoms with Gasteiger partial charge in [-0.1, -0.05) is 35.9 Å². The fourth-order valence-corrected chi connectivity index (χ4v) is 5.61. The number of aromatic nitrogens is 1. The molecule has 0 saturated carbocycles. The van der Waals surface area contributed by atoms with Gasteiger partial charge in [0.25, 0.3) is 11.8 Å². The molecule has 0 fully saturated rings. The number of halogens is 3. The number of carbonyl (C=O) groups excluding carboxylic acids is 3. The third kappa shape index (κ3) is 8.63. The molecule has 7 nitrogen and oxygen atoms in total. The molecular formula is C33H23ClF2N4O3S2. The molecule has 0 bridgehead atoms. The quantitative estimate of drug-likeness (QED) is 0.105. The van der Waals surface area contributed by atoms with Gasteiger partial charge in [0.05, 0.1) is 16.5 Å². The molecule has 0 aliphatic heterocycles. The van der Waals surface area contributed by atoms with Crippen molar-refractivity contribution < 1.29 is 23.2 Å². The SMILES string of the molecule is O=C(CSc1ccc(NC(=O)/C(=C/c2c(F)cccc2Cl)NC(=O)c2ccccc2)cc1)Nc1nc(-c2ccc(F)cc2)cs1. The number of hydrogen-bond acceptors (Lipinski definition) is 6. The van der Waals surface area contributed by atoms with Gasteiger partial charge in [-0.25, -0.2) is 13.8 Å². The van der Waals surface area contributed by atoms with Crippen LogP contribution in [0.5, 0.6) is 0 Å². The summed E-state index contributed by atoms with van der Waals surface area (Å²) in [5, 5.41) is 10.3. The number of thiazole rings is 1. The molecule has 3 N–H and O–H groups in total. The lowest BCUT2D eigenvalue weighted by atomic mass is 10.1. The topological polar surface area (TPSA) is 100 Å². The number of hydrogen-bond donors (Lipinski definition) is 3. The van der Waals surface area contributed by atoms with Gasteiger partial charge >= 0.3 is 0 Å². The Bertz CT molecular complexity index is 1850. The Labute approximate surface area is 270 Å². The Hall–Kier alpha value is -4.84. The largest absolute Gasteiger partial charge is 0.321 e. The van der Waals surface area contributed by atoms with Crippen LogP contribution in [0.1, 0.15) is 15.9 Å². The lowest BCUT2D eigenvalue weighted by molar-refractivity contribution is -0.114. The minimum atomic E-state index is -0.693. The molecule has 0 aliphatic carbocycles. The van der Waals surface area contributed by atoms with Crippen LogP contribution in [-0.2, 0) is 9.59 Å². The third-order valence-electron chi connectivity index (χ3n) is 6.19. The number of amides is 3. The number of nitrogens with one attached hydrogen (secondary N) is 3. The Balaban J connectivity index is 1.20. The highest BCUT2D eigenvalue weighted by Crippen LogP contribution is 2.26. The number of thioether (sulfide) groups is 1. The van der Waals surface area contributed by atoms with Gasteiger partial charge in [0.1, 0.15) is 17.3 Å². The minimum absolute atomic E-state index is 0.0490. The van der Waals surface area contributed by atoms with E-state index in [0.717, 1.165) is 10.5 Å². The second kappa shape index (κ2) is 14.8. The number of nitrogens with zero attached hydrogens (tertiary/aromatic N) is 1. The summed E-state index contributed by atoms with van der Waals surface area (Å²) >= 11 is 8.71. The summed E-state index contributed by atoms with van der Waals surface area (Å²) in [5.41, 5.74) is 1.83. The van der Waals surface area contributed by atoms with Crippen LogP contribution in [0.15, 0.2) is 113 Å². The first-order valence-corrected chi connectivity index (χ1v) is 15.6. The highest BCUT2D eigenvalue weighted by molar-refractivity contribution is 8.00. The van der Waals surface area contributed by atoms with Gasteiger partial charge < -0.3 is 16.0 Å². The molecule has 226 valence electrons. The molecule has 0 unspecified atom stereocenters. The Morgan fingerprint density at radius 3 is 2.31 bits per heavy atom. The van der Waals surface area contributed by atoms with Crippen molar-refractivity contribution in [2.24, 2.45) is 0 Å².